The molecule has 0 amide bonds. The van der Waals surface area contributed by atoms with Gasteiger partial charge in [-0.05, 0) is 63.0 Å². The van der Waals surface area contributed by atoms with Crippen molar-refractivity contribution in [2.24, 2.45) is 11.8 Å². The molecule has 7 rings (SSSR count). The molecule has 0 aromatic carbocycles. The number of rotatable bonds is 5. The Labute approximate surface area is 237 Å². The van der Waals surface area contributed by atoms with Gasteiger partial charge in [-0.1, -0.05) is 36.5 Å². The molecule has 3 aliphatic rings. The van der Waals surface area contributed by atoms with Gasteiger partial charge in [-0.25, -0.2) is 14.8 Å². The molecular formula is C29H34ClN7O3. The van der Waals surface area contributed by atoms with Gasteiger partial charge in [0, 0.05) is 30.5 Å². The van der Waals surface area contributed by atoms with Crippen molar-refractivity contribution in [2.45, 2.75) is 77.5 Å². The predicted octanol–water partition coefficient (Wildman–Crippen LogP) is 5.38. The third-order valence-corrected chi connectivity index (χ3v) is 9.22. The van der Waals surface area contributed by atoms with Crippen LogP contribution in [-0.2, 0) is 11.3 Å². The minimum atomic E-state index is -0.627. The van der Waals surface area contributed by atoms with Gasteiger partial charge in [0.25, 0.3) is 0 Å². The molecule has 1 N–H and O–H groups in total. The molecule has 0 unspecified atom stereocenters. The number of anilines is 1. The third kappa shape index (κ3) is 4.60. The molecule has 0 radical (unpaired) electrons. The highest BCUT2D eigenvalue weighted by Crippen LogP contribution is 2.40. The Hall–Kier alpha value is -3.24. The summed E-state index contributed by atoms with van der Waals surface area (Å²) in [6.45, 7) is 6.68. The fraction of sp³-hybridized carbons (Fsp3) is 0.552. The van der Waals surface area contributed by atoms with Gasteiger partial charge in [-0.15, -0.1) is 0 Å². The normalized spacial score (nSPS) is 25.0. The van der Waals surface area contributed by atoms with Crippen LogP contribution < -0.4 is 10.7 Å². The van der Waals surface area contributed by atoms with E-state index in [1.54, 1.807) is 6.20 Å². The fourth-order valence-corrected chi connectivity index (χ4v) is 7.03. The Morgan fingerprint density at radius 1 is 1.12 bits per heavy atom. The number of pyridine rings is 2. The maximum atomic E-state index is 11.8. The third-order valence-electron chi connectivity index (χ3n) is 9.01. The highest BCUT2D eigenvalue weighted by atomic mass is 35.5. The molecule has 1 aliphatic heterocycles. The second kappa shape index (κ2) is 10.3. The van der Waals surface area contributed by atoms with Crippen LogP contribution in [0.1, 0.15) is 57.6 Å². The van der Waals surface area contributed by atoms with Crippen molar-refractivity contribution in [1.29, 1.82) is 0 Å². The number of H-pyrrole nitrogens is 1. The summed E-state index contributed by atoms with van der Waals surface area (Å²) in [4.78, 5) is 31.8. The summed E-state index contributed by atoms with van der Waals surface area (Å²) in [6, 6.07) is 4.12. The second-order valence-corrected chi connectivity index (χ2v) is 12.1. The first-order valence-corrected chi connectivity index (χ1v) is 14.8. The number of aryl methyl sites for hydroxylation is 1. The first-order valence-electron chi connectivity index (χ1n) is 14.4. The number of halogens is 1. The highest BCUT2D eigenvalue weighted by Gasteiger charge is 2.39. The summed E-state index contributed by atoms with van der Waals surface area (Å²) < 4.78 is 13.4. The predicted molar refractivity (Wildman–Crippen MR) is 152 cm³/mol. The Morgan fingerprint density at radius 3 is 2.77 bits per heavy atom. The van der Waals surface area contributed by atoms with Crippen LogP contribution in [0.2, 0.25) is 5.02 Å². The monoisotopic (exact) mass is 563 g/mol. The molecule has 2 atom stereocenters. The van der Waals surface area contributed by atoms with Crippen molar-refractivity contribution in [3.63, 3.8) is 0 Å². The molecular weight excluding hydrogens is 530 g/mol. The van der Waals surface area contributed by atoms with E-state index in [4.69, 9.17) is 30.8 Å². The lowest BCUT2D eigenvalue weighted by Crippen LogP contribution is -2.49. The maximum Gasteiger partial charge on any atom is 0.439 e. The molecule has 2 saturated carbocycles. The van der Waals surface area contributed by atoms with Crippen LogP contribution >= 0.6 is 11.6 Å². The van der Waals surface area contributed by atoms with Crippen LogP contribution in [0.4, 0.5) is 5.95 Å². The SMILES string of the molecule is Cc1ncc(Cl)cc1-c1nc(-c2noc(=O)[nH]2)cc2nc(N3CCO[C@@H]4CCC[C@H]43)n(CC3CCC(C)CC3)c12. The number of hydrogen-bond acceptors (Lipinski definition) is 8. The summed E-state index contributed by atoms with van der Waals surface area (Å²) in [7, 11) is 0. The average molecular weight is 564 g/mol. The van der Waals surface area contributed by atoms with E-state index in [0.717, 1.165) is 72.2 Å². The number of ether oxygens (including phenoxy) is 1. The lowest BCUT2D eigenvalue weighted by atomic mass is 9.83. The van der Waals surface area contributed by atoms with Crippen LogP contribution in [0, 0.1) is 18.8 Å². The van der Waals surface area contributed by atoms with Crippen molar-refractivity contribution >= 4 is 28.6 Å². The summed E-state index contributed by atoms with van der Waals surface area (Å²) in [5.41, 5.74) is 4.60. The summed E-state index contributed by atoms with van der Waals surface area (Å²) in [5, 5.41) is 4.45. The lowest BCUT2D eigenvalue weighted by molar-refractivity contribution is 0.0247. The van der Waals surface area contributed by atoms with E-state index in [-0.39, 0.29) is 11.9 Å². The van der Waals surface area contributed by atoms with Crippen molar-refractivity contribution in [3.05, 3.63) is 39.6 Å². The Morgan fingerprint density at radius 2 is 1.98 bits per heavy atom. The van der Waals surface area contributed by atoms with Gasteiger partial charge in [0.15, 0.2) is 0 Å². The molecule has 40 heavy (non-hydrogen) atoms. The van der Waals surface area contributed by atoms with E-state index in [1.165, 1.54) is 25.7 Å². The number of fused-ring (bicyclic) bond motifs is 2. The van der Waals surface area contributed by atoms with E-state index in [9.17, 15) is 4.79 Å². The largest absolute Gasteiger partial charge is 0.439 e. The van der Waals surface area contributed by atoms with Gasteiger partial charge in [-0.2, -0.15) is 0 Å². The van der Waals surface area contributed by atoms with Gasteiger partial charge in [0.05, 0.1) is 40.5 Å². The van der Waals surface area contributed by atoms with Gasteiger partial charge in [0.1, 0.15) is 5.69 Å². The summed E-state index contributed by atoms with van der Waals surface area (Å²) >= 11 is 6.47. The van der Waals surface area contributed by atoms with E-state index in [0.29, 0.717) is 29.3 Å². The summed E-state index contributed by atoms with van der Waals surface area (Å²) in [6.07, 6.45) is 10.1. The molecule has 210 valence electrons. The number of hydrogen-bond donors (Lipinski definition) is 1. The van der Waals surface area contributed by atoms with Crippen LogP contribution in [0.25, 0.3) is 33.8 Å². The molecule has 4 aromatic rings. The number of aromatic amines is 1. The Bertz CT molecular complexity index is 1600. The average Bonchev–Trinajstić information content (AvgIpc) is 3.69. The quantitative estimate of drug-likeness (QED) is 0.344. The van der Waals surface area contributed by atoms with E-state index < -0.39 is 5.76 Å². The molecule has 5 heterocycles. The van der Waals surface area contributed by atoms with E-state index in [1.807, 2.05) is 19.1 Å². The zero-order valence-electron chi connectivity index (χ0n) is 22.9. The lowest BCUT2D eigenvalue weighted by Gasteiger charge is -2.39. The van der Waals surface area contributed by atoms with Crippen molar-refractivity contribution < 1.29 is 9.26 Å². The molecule has 10 nitrogen and oxygen atoms in total. The molecule has 4 aromatic heterocycles. The molecule has 3 fully saturated rings. The molecule has 0 bridgehead atoms. The van der Waals surface area contributed by atoms with Gasteiger partial charge < -0.3 is 14.2 Å². The highest BCUT2D eigenvalue weighted by molar-refractivity contribution is 6.30. The second-order valence-electron chi connectivity index (χ2n) is 11.7. The first kappa shape index (κ1) is 25.7. The van der Waals surface area contributed by atoms with Gasteiger partial charge in [-0.3, -0.25) is 14.5 Å². The van der Waals surface area contributed by atoms with Crippen molar-refractivity contribution in [2.75, 3.05) is 18.1 Å². The van der Waals surface area contributed by atoms with E-state index in [2.05, 4.69) is 31.5 Å². The fourth-order valence-electron chi connectivity index (χ4n) is 6.88. The number of aromatic nitrogens is 6. The minimum Gasteiger partial charge on any atom is -0.374 e. The first-order chi connectivity index (χ1) is 19.4. The molecule has 0 spiro atoms. The molecule has 1 saturated heterocycles. The van der Waals surface area contributed by atoms with Crippen LogP contribution in [0.15, 0.2) is 27.6 Å². The summed E-state index contributed by atoms with van der Waals surface area (Å²) in [5.74, 6) is 1.94. The van der Waals surface area contributed by atoms with Gasteiger partial charge >= 0.3 is 5.76 Å². The molecule has 11 heteroatoms. The zero-order valence-corrected chi connectivity index (χ0v) is 23.7. The standard InChI is InChI=1S/C29H34ClN7O3/c1-16-6-8-18(9-7-16)15-37-26-21(33-28(37)36-10-11-39-24-5-3-4-23(24)36)13-22(27-34-29(38)40-35-27)32-25(26)20-12-19(30)14-31-17(20)2/h12-14,16,18,23-24H,3-11,15H2,1-2H3,(H,34,35,38)/t16?,18?,23-,24-/m1/s1. The van der Waals surface area contributed by atoms with Crippen LogP contribution in [-0.4, -0.2) is 55.0 Å². The van der Waals surface area contributed by atoms with Gasteiger partial charge in [0.2, 0.25) is 11.8 Å². The number of imidazole rings is 1. The zero-order chi connectivity index (χ0) is 27.4. The van der Waals surface area contributed by atoms with E-state index >= 15 is 0 Å². The maximum absolute atomic E-state index is 11.8. The number of nitrogens with one attached hydrogen (secondary N) is 1. The Kier molecular flexibility index (Phi) is 6.62. The smallest absolute Gasteiger partial charge is 0.374 e. The van der Waals surface area contributed by atoms with Crippen LogP contribution in [0.3, 0.4) is 0 Å². The Balaban J connectivity index is 1.46. The number of nitrogens with zero attached hydrogens (tertiary/aromatic N) is 6. The topological polar surface area (TPSA) is 115 Å². The van der Waals surface area contributed by atoms with Crippen molar-refractivity contribution in [3.8, 4) is 22.8 Å². The van der Waals surface area contributed by atoms with Crippen LogP contribution in [0.5, 0.6) is 0 Å². The minimum absolute atomic E-state index is 0.241. The molecule has 2 aliphatic carbocycles. The number of morpholine rings is 1. The van der Waals surface area contributed by atoms with Crippen molar-refractivity contribution in [1.82, 2.24) is 29.7 Å².